The SMILES string of the molecule is COc1ccc(NC(=O)[C@@H]2CCCN(c3ncnc4c3nc3n4CCCCC3)C2)cc1. The number of aryl methyl sites for hydroxylation is 2. The summed E-state index contributed by atoms with van der Waals surface area (Å²) in [6, 6.07) is 7.43. The highest BCUT2D eigenvalue weighted by atomic mass is 16.5. The molecule has 3 aromatic rings. The van der Waals surface area contributed by atoms with E-state index in [0.29, 0.717) is 6.54 Å². The maximum Gasteiger partial charge on any atom is 0.229 e. The zero-order chi connectivity index (χ0) is 21.2. The van der Waals surface area contributed by atoms with Crippen LogP contribution in [0, 0.1) is 5.92 Å². The van der Waals surface area contributed by atoms with E-state index in [2.05, 4.69) is 24.8 Å². The van der Waals surface area contributed by atoms with Crippen molar-refractivity contribution in [2.45, 2.75) is 45.1 Å². The lowest BCUT2D eigenvalue weighted by Crippen LogP contribution is -2.41. The molecule has 1 saturated heterocycles. The summed E-state index contributed by atoms with van der Waals surface area (Å²) in [4.78, 5) is 29.2. The van der Waals surface area contributed by atoms with Crippen LogP contribution in [0.2, 0.25) is 0 Å². The number of amides is 1. The van der Waals surface area contributed by atoms with Crippen molar-refractivity contribution in [1.29, 1.82) is 0 Å². The molecule has 8 heteroatoms. The smallest absolute Gasteiger partial charge is 0.229 e. The Labute approximate surface area is 181 Å². The van der Waals surface area contributed by atoms with Gasteiger partial charge in [-0.1, -0.05) is 6.42 Å². The van der Waals surface area contributed by atoms with Crippen LogP contribution in [0.5, 0.6) is 5.75 Å². The Bertz CT molecular complexity index is 1080. The highest BCUT2D eigenvalue weighted by Crippen LogP contribution is 2.30. The van der Waals surface area contributed by atoms with Crippen molar-refractivity contribution in [1.82, 2.24) is 19.5 Å². The van der Waals surface area contributed by atoms with Gasteiger partial charge in [0.15, 0.2) is 17.0 Å². The standard InChI is InChI=1S/C23H28N6O2/c1-31-18-10-8-17(9-11-18)26-23(30)16-6-5-12-28(14-16)21-20-22(25-15-24-21)29-13-4-2-3-7-19(29)27-20/h8-11,15-16H,2-7,12-14H2,1H3,(H,26,30)/t16-/m1/s1. The summed E-state index contributed by atoms with van der Waals surface area (Å²) >= 11 is 0. The first kappa shape index (κ1) is 19.8. The second kappa shape index (κ2) is 8.53. The van der Waals surface area contributed by atoms with Crippen LogP contribution in [0.1, 0.15) is 37.9 Å². The molecule has 1 aromatic carbocycles. The Morgan fingerprint density at radius 2 is 1.97 bits per heavy atom. The first-order valence-electron chi connectivity index (χ1n) is 11.1. The second-order valence-corrected chi connectivity index (χ2v) is 8.36. The third kappa shape index (κ3) is 3.94. The largest absolute Gasteiger partial charge is 0.497 e. The molecule has 2 aliphatic heterocycles. The zero-order valence-corrected chi connectivity index (χ0v) is 17.9. The van der Waals surface area contributed by atoms with E-state index in [1.807, 2.05) is 24.3 Å². The first-order chi connectivity index (χ1) is 15.2. The zero-order valence-electron chi connectivity index (χ0n) is 17.9. The van der Waals surface area contributed by atoms with E-state index in [1.165, 1.54) is 12.8 Å². The molecule has 31 heavy (non-hydrogen) atoms. The van der Waals surface area contributed by atoms with Gasteiger partial charge in [0.25, 0.3) is 0 Å². The van der Waals surface area contributed by atoms with Gasteiger partial charge in [0.2, 0.25) is 5.91 Å². The van der Waals surface area contributed by atoms with Gasteiger partial charge < -0.3 is 19.5 Å². The number of rotatable bonds is 4. The van der Waals surface area contributed by atoms with Gasteiger partial charge in [-0.05, 0) is 49.9 Å². The van der Waals surface area contributed by atoms with Crippen molar-refractivity contribution >= 4 is 28.6 Å². The minimum atomic E-state index is -0.0960. The number of fused-ring (bicyclic) bond motifs is 3. The van der Waals surface area contributed by atoms with Crippen molar-refractivity contribution in [2.24, 2.45) is 5.92 Å². The molecule has 4 heterocycles. The van der Waals surface area contributed by atoms with Crippen LogP contribution in [-0.2, 0) is 17.8 Å². The third-order valence-corrected chi connectivity index (χ3v) is 6.32. The number of hydrogen-bond donors (Lipinski definition) is 1. The number of methoxy groups -OCH3 is 1. The molecule has 0 unspecified atom stereocenters. The highest BCUT2D eigenvalue weighted by molar-refractivity contribution is 5.93. The Balaban J connectivity index is 1.35. The summed E-state index contributed by atoms with van der Waals surface area (Å²) in [6.45, 7) is 2.48. The molecule has 8 nitrogen and oxygen atoms in total. The number of ether oxygens (including phenoxy) is 1. The van der Waals surface area contributed by atoms with Gasteiger partial charge in [-0.2, -0.15) is 0 Å². The van der Waals surface area contributed by atoms with Crippen molar-refractivity contribution in [3.63, 3.8) is 0 Å². The summed E-state index contributed by atoms with van der Waals surface area (Å²) in [5.74, 6) is 2.68. The average molecular weight is 421 g/mol. The maximum absolute atomic E-state index is 12.9. The van der Waals surface area contributed by atoms with Crippen LogP contribution in [0.3, 0.4) is 0 Å². The number of piperidine rings is 1. The van der Waals surface area contributed by atoms with Crippen molar-refractivity contribution in [2.75, 3.05) is 30.4 Å². The van der Waals surface area contributed by atoms with Crippen LogP contribution < -0.4 is 15.0 Å². The number of benzene rings is 1. The Kier molecular flexibility index (Phi) is 5.44. The third-order valence-electron chi connectivity index (χ3n) is 6.32. The van der Waals surface area contributed by atoms with Crippen LogP contribution in [0.15, 0.2) is 30.6 Å². The Morgan fingerprint density at radius 1 is 1.10 bits per heavy atom. The lowest BCUT2D eigenvalue weighted by Gasteiger charge is -2.32. The van der Waals surface area contributed by atoms with Crippen molar-refractivity contribution < 1.29 is 9.53 Å². The first-order valence-corrected chi connectivity index (χ1v) is 11.1. The molecule has 0 saturated carbocycles. The van der Waals surface area contributed by atoms with Crippen molar-refractivity contribution in [3.05, 3.63) is 36.4 Å². The van der Waals surface area contributed by atoms with Gasteiger partial charge in [0.05, 0.1) is 13.0 Å². The van der Waals surface area contributed by atoms with Gasteiger partial charge in [-0.25, -0.2) is 15.0 Å². The normalized spacial score (nSPS) is 19.0. The van der Waals surface area contributed by atoms with E-state index < -0.39 is 0 Å². The predicted octanol–water partition coefficient (Wildman–Crippen LogP) is 3.42. The molecular weight excluding hydrogens is 392 g/mol. The molecule has 1 fully saturated rings. The highest BCUT2D eigenvalue weighted by Gasteiger charge is 2.29. The molecule has 0 spiro atoms. The topological polar surface area (TPSA) is 85.2 Å². The molecule has 5 rings (SSSR count). The summed E-state index contributed by atoms with van der Waals surface area (Å²) < 4.78 is 7.44. The van der Waals surface area contributed by atoms with Crippen LogP contribution in [0.25, 0.3) is 11.2 Å². The molecule has 162 valence electrons. The maximum atomic E-state index is 12.9. The molecule has 2 aliphatic rings. The lowest BCUT2D eigenvalue weighted by atomic mass is 9.97. The van der Waals surface area contributed by atoms with Gasteiger partial charge in [0.1, 0.15) is 17.9 Å². The van der Waals surface area contributed by atoms with E-state index in [-0.39, 0.29) is 11.8 Å². The summed E-state index contributed by atoms with van der Waals surface area (Å²) in [5, 5.41) is 3.05. The Hall–Kier alpha value is -3.16. The van der Waals surface area contributed by atoms with E-state index >= 15 is 0 Å². The summed E-state index contributed by atoms with van der Waals surface area (Å²) in [6.07, 6.45) is 8.01. The van der Waals surface area contributed by atoms with E-state index in [4.69, 9.17) is 9.72 Å². The van der Waals surface area contributed by atoms with E-state index in [1.54, 1.807) is 13.4 Å². The second-order valence-electron chi connectivity index (χ2n) is 8.36. The number of carbonyl (C=O) groups is 1. The summed E-state index contributed by atoms with van der Waals surface area (Å²) in [5.41, 5.74) is 2.58. The fourth-order valence-corrected chi connectivity index (χ4v) is 4.66. The predicted molar refractivity (Wildman–Crippen MR) is 119 cm³/mol. The molecule has 1 atom stereocenters. The molecule has 2 aromatic heterocycles. The van der Waals surface area contributed by atoms with E-state index in [9.17, 15) is 4.79 Å². The molecule has 1 amide bonds. The molecule has 0 radical (unpaired) electrons. The monoisotopic (exact) mass is 420 g/mol. The number of anilines is 2. The number of hydrogen-bond acceptors (Lipinski definition) is 6. The summed E-state index contributed by atoms with van der Waals surface area (Å²) in [7, 11) is 1.63. The van der Waals surface area contributed by atoms with E-state index in [0.717, 1.165) is 73.0 Å². The van der Waals surface area contributed by atoms with Gasteiger partial charge in [-0.15, -0.1) is 0 Å². The van der Waals surface area contributed by atoms with Gasteiger partial charge >= 0.3 is 0 Å². The number of carbonyl (C=O) groups excluding carboxylic acids is 1. The number of aromatic nitrogens is 4. The number of nitrogens with zero attached hydrogens (tertiary/aromatic N) is 5. The minimum Gasteiger partial charge on any atom is -0.497 e. The lowest BCUT2D eigenvalue weighted by molar-refractivity contribution is -0.120. The van der Waals surface area contributed by atoms with Crippen molar-refractivity contribution in [3.8, 4) is 5.75 Å². The van der Waals surface area contributed by atoms with Crippen LogP contribution in [-0.4, -0.2) is 45.6 Å². The fraction of sp³-hybridized carbons (Fsp3) is 0.478. The molecule has 0 bridgehead atoms. The number of nitrogens with one attached hydrogen (secondary N) is 1. The quantitative estimate of drug-likeness (QED) is 0.696. The fourth-order valence-electron chi connectivity index (χ4n) is 4.66. The van der Waals surface area contributed by atoms with Crippen LogP contribution in [0.4, 0.5) is 11.5 Å². The number of imidazole rings is 1. The molecule has 0 aliphatic carbocycles. The van der Waals surface area contributed by atoms with Gasteiger partial charge in [-0.3, -0.25) is 4.79 Å². The average Bonchev–Trinajstić information content (AvgIpc) is 3.00. The molecule has 1 N–H and O–H groups in total. The van der Waals surface area contributed by atoms with Gasteiger partial charge in [0, 0.05) is 31.7 Å². The minimum absolute atomic E-state index is 0.0424. The van der Waals surface area contributed by atoms with Crippen LogP contribution >= 0.6 is 0 Å². The molecular formula is C23H28N6O2. The Morgan fingerprint density at radius 3 is 2.81 bits per heavy atom.